The molecule has 0 radical (unpaired) electrons. The zero-order valence-corrected chi connectivity index (χ0v) is 19.9. The van der Waals surface area contributed by atoms with Crippen LogP contribution in [-0.4, -0.2) is 27.1 Å². The van der Waals surface area contributed by atoms with Gasteiger partial charge in [0, 0.05) is 35.8 Å². The molecular formula is C28H30N4O3. The van der Waals surface area contributed by atoms with Crippen LogP contribution in [0.5, 0.6) is 5.75 Å². The van der Waals surface area contributed by atoms with E-state index in [4.69, 9.17) is 25.2 Å². The largest absolute Gasteiger partial charge is 0.485 e. The topological polar surface area (TPSA) is 92.3 Å². The Labute approximate surface area is 204 Å². The van der Waals surface area contributed by atoms with Gasteiger partial charge in [-0.15, -0.1) is 0 Å². The van der Waals surface area contributed by atoms with Crippen molar-refractivity contribution < 1.29 is 14.3 Å². The predicted molar refractivity (Wildman–Crippen MR) is 135 cm³/mol. The lowest BCUT2D eigenvalue weighted by Crippen LogP contribution is -2.10. The fourth-order valence-corrected chi connectivity index (χ4v) is 4.27. The minimum absolute atomic E-state index is 0.158. The number of ether oxygens (including phenoxy) is 2. The predicted octanol–water partition coefficient (Wildman–Crippen LogP) is 4.65. The van der Waals surface area contributed by atoms with Gasteiger partial charge in [0.1, 0.15) is 18.0 Å². The second kappa shape index (κ2) is 10.3. The van der Waals surface area contributed by atoms with Crippen molar-refractivity contribution in [3.05, 3.63) is 77.7 Å². The molecule has 5 rings (SSSR count). The molecular weight excluding hydrogens is 440 g/mol. The number of carbonyl (C=O) groups excluding carboxylic acids is 1. The number of nitrogens with two attached hydrogens (primary N) is 1. The number of benzene rings is 2. The molecule has 1 fully saturated rings. The third-order valence-corrected chi connectivity index (χ3v) is 6.22. The lowest BCUT2D eigenvalue weighted by Gasteiger charge is -2.13. The standard InChI is InChI=1S/C28H30N4O3/c1-2-34-26(33)15-21-7-3-4-9-24(21)35-18-25-30-27(22-8-5-6-20(14-22)16-29)23-12-13-32(28(23)31-25)17-19-10-11-19/h3-9,12-14,19H,2,10-11,15-18,29H2,1H3. The molecule has 7 nitrogen and oxygen atoms in total. The first kappa shape index (κ1) is 23.1. The van der Waals surface area contributed by atoms with Gasteiger partial charge >= 0.3 is 5.97 Å². The molecule has 2 heterocycles. The van der Waals surface area contributed by atoms with Gasteiger partial charge in [0.05, 0.1) is 18.7 Å². The van der Waals surface area contributed by atoms with E-state index in [1.807, 2.05) is 36.4 Å². The molecule has 2 aromatic heterocycles. The Kier molecular flexibility index (Phi) is 6.77. The van der Waals surface area contributed by atoms with E-state index < -0.39 is 0 Å². The molecule has 0 unspecified atom stereocenters. The summed E-state index contributed by atoms with van der Waals surface area (Å²) in [5.74, 6) is 1.66. The molecule has 0 bridgehead atoms. The maximum atomic E-state index is 12.0. The minimum atomic E-state index is -0.277. The molecule has 1 aliphatic carbocycles. The van der Waals surface area contributed by atoms with E-state index in [1.165, 1.54) is 12.8 Å². The van der Waals surface area contributed by atoms with Gasteiger partial charge in [-0.1, -0.05) is 36.4 Å². The van der Waals surface area contributed by atoms with Crippen molar-refractivity contribution in [3.8, 4) is 17.0 Å². The molecule has 0 amide bonds. The number of nitrogens with zero attached hydrogens (tertiary/aromatic N) is 3. The highest BCUT2D eigenvalue weighted by molar-refractivity contribution is 5.91. The first-order valence-corrected chi connectivity index (χ1v) is 12.2. The Balaban J connectivity index is 1.48. The summed E-state index contributed by atoms with van der Waals surface area (Å²) in [7, 11) is 0. The Bertz CT molecular complexity index is 1340. The van der Waals surface area contributed by atoms with Gasteiger partial charge in [-0.3, -0.25) is 4.79 Å². The highest BCUT2D eigenvalue weighted by Crippen LogP contribution is 2.34. The van der Waals surface area contributed by atoms with Gasteiger partial charge < -0.3 is 19.8 Å². The zero-order valence-electron chi connectivity index (χ0n) is 19.9. The lowest BCUT2D eigenvalue weighted by molar-refractivity contribution is -0.142. The summed E-state index contributed by atoms with van der Waals surface area (Å²) in [6, 6.07) is 17.8. The second-order valence-electron chi connectivity index (χ2n) is 8.92. The SMILES string of the molecule is CCOC(=O)Cc1ccccc1OCc1nc(-c2cccc(CN)c2)c2ccn(CC3CC3)c2n1. The average molecular weight is 471 g/mol. The number of hydrogen-bond acceptors (Lipinski definition) is 6. The van der Waals surface area contributed by atoms with Gasteiger partial charge in [0.15, 0.2) is 5.82 Å². The summed E-state index contributed by atoms with van der Waals surface area (Å²) in [6.45, 7) is 3.77. The first-order chi connectivity index (χ1) is 17.1. The molecule has 2 N–H and O–H groups in total. The van der Waals surface area contributed by atoms with E-state index in [0.29, 0.717) is 24.7 Å². The molecule has 180 valence electrons. The number of fused-ring (bicyclic) bond motifs is 1. The van der Waals surface area contributed by atoms with Crippen LogP contribution in [0.3, 0.4) is 0 Å². The van der Waals surface area contributed by atoms with E-state index in [1.54, 1.807) is 6.92 Å². The quantitative estimate of drug-likeness (QED) is 0.339. The van der Waals surface area contributed by atoms with Crippen LogP contribution in [0.2, 0.25) is 0 Å². The van der Waals surface area contributed by atoms with E-state index in [9.17, 15) is 4.79 Å². The molecule has 35 heavy (non-hydrogen) atoms. The Morgan fingerprint density at radius 2 is 1.97 bits per heavy atom. The van der Waals surface area contributed by atoms with Gasteiger partial charge in [-0.2, -0.15) is 0 Å². The number of aromatic nitrogens is 3. The minimum Gasteiger partial charge on any atom is -0.485 e. The van der Waals surface area contributed by atoms with Gasteiger partial charge in [-0.05, 0) is 49.4 Å². The number of hydrogen-bond donors (Lipinski definition) is 1. The van der Waals surface area contributed by atoms with Crippen LogP contribution >= 0.6 is 0 Å². The molecule has 4 aromatic rings. The van der Waals surface area contributed by atoms with Gasteiger partial charge in [-0.25, -0.2) is 9.97 Å². The number of rotatable bonds is 10. The van der Waals surface area contributed by atoms with Crippen LogP contribution in [0.4, 0.5) is 0 Å². The number of carbonyl (C=O) groups is 1. The second-order valence-corrected chi connectivity index (χ2v) is 8.92. The Morgan fingerprint density at radius 3 is 2.77 bits per heavy atom. The molecule has 1 saturated carbocycles. The summed E-state index contributed by atoms with van der Waals surface area (Å²) >= 11 is 0. The highest BCUT2D eigenvalue weighted by Gasteiger charge is 2.23. The Hall–Kier alpha value is -3.71. The summed E-state index contributed by atoms with van der Waals surface area (Å²) in [5, 5.41) is 1.02. The van der Waals surface area contributed by atoms with Gasteiger partial charge in [0.2, 0.25) is 0 Å². The maximum absolute atomic E-state index is 12.0. The fourth-order valence-electron chi connectivity index (χ4n) is 4.27. The van der Waals surface area contributed by atoms with Crippen LogP contribution in [0.15, 0.2) is 60.8 Å². The summed E-state index contributed by atoms with van der Waals surface area (Å²) in [6.07, 6.45) is 4.80. The molecule has 7 heteroatoms. The molecule has 2 aromatic carbocycles. The lowest BCUT2D eigenvalue weighted by atomic mass is 10.1. The first-order valence-electron chi connectivity index (χ1n) is 12.2. The summed E-state index contributed by atoms with van der Waals surface area (Å²) in [5.41, 5.74) is 10.5. The van der Waals surface area contributed by atoms with Crippen molar-refractivity contribution in [2.75, 3.05) is 6.61 Å². The summed E-state index contributed by atoms with van der Waals surface area (Å²) < 4.78 is 13.5. The van der Waals surface area contributed by atoms with Crippen molar-refractivity contribution in [1.82, 2.24) is 14.5 Å². The normalized spacial score (nSPS) is 13.2. The van der Waals surface area contributed by atoms with E-state index >= 15 is 0 Å². The van der Waals surface area contributed by atoms with Crippen molar-refractivity contribution in [2.24, 2.45) is 11.7 Å². The van der Waals surface area contributed by atoms with Crippen molar-refractivity contribution in [3.63, 3.8) is 0 Å². The van der Waals surface area contributed by atoms with Crippen LogP contribution < -0.4 is 10.5 Å². The van der Waals surface area contributed by atoms with Crippen LogP contribution in [0.1, 0.15) is 36.7 Å². The number of para-hydroxylation sites is 1. The van der Waals surface area contributed by atoms with Crippen molar-refractivity contribution in [1.29, 1.82) is 0 Å². The fraction of sp³-hybridized carbons (Fsp3) is 0.321. The smallest absolute Gasteiger partial charge is 0.310 e. The van der Waals surface area contributed by atoms with Crippen molar-refractivity contribution in [2.45, 2.75) is 45.9 Å². The molecule has 0 aliphatic heterocycles. The van der Waals surface area contributed by atoms with E-state index in [-0.39, 0.29) is 19.0 Å². The molecule has 1 aliphatic rings. The average Bonchev–Trinajstić information content (AvgIpc) is 3.61. The molecule has 0 saturated heterocycles. The van der Waals surface area contributed by atoms with Crippen LogP contribution in [-0.2, 0) is 35.6 Å². The third-order valence-electron chi connectivity index (χ3n) is 6.22. The third kappa shape index (κ3) is 5.35. The van der Waals surface area contributed by atoms with Gasteiger partial charge in [0.25, 0.3) is 0 Å². The molecule has 0 atom stereocenters. The number of esters is 1. The monoisotopic (exact) mass is 470 g/mol. The summed E-state index contributed by atoms with van der Waals surface area (Å²) in [4.78, 5) is 21.8. The van der Waals surface area contributed by atoms with E-state index in [2.05, 4.69) is 29.0 Å². The zero-order chi connectivity index (χ0) is 24.2. The molecule has 0 spiro atoms. The highest BCUT2D eigenvalue weighted by atomic mass is 16.5. The van der Waals surface area contributed by atoms with Crippen LogP contribution in [0.25, 0.3) is 22.3 Å². The van der Waals surface area contributed by atoms with Crippen molar-refractivity contribution >= 4 is 17.0 Å². The Morgan fingerprint density at radius 1 is 1.11 bits per heavy atom. The van der Waals surface area contributed by atoms with Crippen LogP contribution in [0, 0.1) is 5.92 Å². The van der Waals surface area contributed by atoms with E-state index in [0.717, 1.165) is 45.9 Å². The maximum Gasteiger partial charge on any atom is 0.310 e.